The van der Waals surface area contributed by atoms with Gasteiger partial charge in [0.05, 0.1) is 23.6 Å². The van der Waals surface area contributed by atoms with Crippen LogP contribution in [-0.2, 0) is 6.54 Å². The molecule has 1 saturated heterocycles. The van der Waals surface area contributed by atoms with E-state index < -0.39 is 0 Å². The SMILES string of the molecule is c1cncc(-c2cc3c(-c4cnn(CC5CCNCC5)c4)n[nH]c3cn2)c1. The lowest BCUT2D eigenvalue weighted by Gasteiger charge is -2.22. The summed E-state index contributed by atoms with van der Waals surface area (Å²) in [5, 5.41) is 16.6. The first-order valence-electron chi connectivity index (χ1n) is 9.35. The van der Waals surface area contributed by atoms with Crippen LogP contribution in [0.1, 0.15) is 12.8 Å². The number of H-pyrrole nitrogens is 1. The van der Waals surface area contributed by atoms with Crippen molar-refractivity contribution in [2.45, 2.75) is 19.4 Å². The summed E-state index contributed by atoms with van der Waals surface area (Å²) in [6.45, 7) is 3.17. The zero-order chi connectivity index (χ0) is 18.1. The van der Waals surface area contributed by atoms with Crippen molar-refractivity contribution < 1.29 is 0 Å². The van der Waals surface area contributed by atoms with Gasteiger partial charge in [-0.25, -0.2) is 0 Å². The molecule has 0 amide bonds. The third kappa shape index (κ3) is 3.21. The van der Waals surface area contributed by atoms with Crippen LogP contribution >= 0.6 is 0 Å². The second-order valence-electron chi connectivity index (χ2n) is 7.07. The zero-order valence-corrected chi connectivity index (χ0v) is 15.0. The summed E-state index contributed by atoms with van der Waals surface area (Å²) in [6.07, 6.45) is 11.8. The Balaban J connectivity index is 1.46. The second-order valence-corrected chi connectivity index (χ2v) is 7.07. The molecular weight excluding hydrogens is 338 g/mol. The Morgan fingerprint density at radius 1 is 1.11 bits per heavy atom. The fourth-order valence-electron chi connectivity index (χ4n) is 3.72. The molecule has 4 aromatic heterocycles. The van der Waals surface area contributed by atoms with E-state index in [1.807, 2.05) is 30.7 Å². The minimum Gasteiger partial charge on any atom is -0.317 e. The van der Waals surface area contributed by atoms with Gasteiger partial charge in [0.1, 0.15) is 5.69 Å². The van der Waals surface area contributed by atoms with E-state index >= 15 is 0 Å². The van der Waals surface area contributed by atoms with Gasteiger partial charge >= 0.3 is 0 Å². The van der Waals surface area contributed by atoms with Crippen molar-refractivity contribution in [2.75, 3.05) is 13.1 Å². The number of aromatic nitrogens is 6. The van der Waals surface area contributed by atoms with E-state index in [-0.39, 0.29) is 0 Å². The topological polar surface area (TPSA) is 84.3 Å². The lowest BCUT2D eigenvalue weighted by molar-refractivity contribution is 0.321. The number of fused-ring (bicyclic) bond motifs is 1. The Labute approximate surface area is 156 Å². The highest BCUT2D eigenvalue weighted by Gasteiger charge is 2.16. The fourth-order valence-corrected chi connectivity index (χ4v) is 3.72. The van der Waals surface area contributed by atoms with E-state index in [0.29, 0.717) is 5.92 Å². The van der Waals surface area contributed by atoms with Gasteiger partial charge in [-0.3, -0.25) is 19.7 Å². The van der Waals surface area contributed by atoms with Crippen LogP contribution in [0.15, 0.2) is 49.2 Å². The zero-order valence-electron chi connectivity index (χ0n) is 15.0. The maximum Gasteiger partial charge on any atom is 0.103 e. The van der Waals surface area contributed by atoms with Gasteiger partial charge in [0.25, 0.3) is 0 Å². The van der Waals surface area contributed by atoms with Crippen LogP contribution in [0.5, 0.6) is 0 Å². The summed E-state index contributed by atoms with van der Waals surface area (Å²) < 4.78 is 2.05. The number of nitrogens with zero attached hydrogens (tertiary/aromatic N) is 5. The Bertz CT molecular complexity index is 1040. The number of hydrogen-bond donors (Lipinski definition) is 2. The van der Waals surface area contributed by atoms with Crippen molar-refractivity contribution in [3.05, 3.63) is 49.2 Å². The van der Waals surface area contributed by atoms with Gasteiger partial charge in [-0.05, 0) is 50.0 Å². The molecule has 0 spiro atoms. The predicted octanol–water partition coefficient (Wildman–Crippen LogP) is 2.88. The van der Waals surface area contributed by atoms with Crippen molar-refractivity contribution in [1.29, 1.82) is 0 Å². The Kier molecular flexibility index (Phi) is 4.14. The third-order valence-corrected chi connectivity index (χ3v) is 5.22. The number of nitrogens with one attached hydrogen (secondary N) is 2. The molecule has 2 N–H and O–H groups in total. The molecule has 1 aliphatic rings. The molecule has 7 nitrogen and oxygen atoms in total. The predicted molar refractivity (Wildman–Crippen MR) is 104 cm³/mol. The summed E-state index contributed by atoms with van der Waals surface area (Å²) >= 11 is 0. The minimum absolute atomic E-state index is 0.691. The number of rotatable bonds is 4. The van der Waals surface area contributed by atoms with Crippen LogP contribution in [0.25, 0.3) is 33.4 Å². The van der Waals surface area contributed by atoms with Gasteiger partial charge in [-0.2, -0.15) is 10.2 Å². The molecule has 0 radical (unpaired) electrons. The van der Waals surface area contributed by atoms with E-state index in [4.69, 9.17) is 0 Å². The molecule has 1 aliphatic heterocycles. The summed E-state index contributed by atoms with van der Waals surface area (Å²) in [5.41, 5.74) is 4.74. The van der Waals surface area contributed by atoms with Crippen molar-refractivity contribution in [3.63, 3.8) is 0 Å². The molecule has 7 heteroatoms. The monoisotopic (exact) mass is 359 g/mol. The molecule has 0 bridgehead atoms. The maximum absolute atomic E-state index is 4.57. The van der Waals surface area contributed by atoms with Crippen LogP contribution < -0.4 is 5.32 Å². The molecular formula is C20H21N7. The van der Waals surface area contributed by atoms with Crippen LogP contribution in [0.4, 0.5) is 0 Å². The number of pyridine rings is 2. The molecule has 136 valence electrons. The van der Waals surface area contributed by atoms with Crippen LogP contribution in [0.3, 0.4) is 0 Å². The first-order valence-corrected chi connectivity index (χ1v) is 9.35. The summed E-state index contributed by atoms with van der Waals surface area (Å²) in [4.78, 5) is 8.72. The minimum atomic E-state index is 0.691. The van der Waals surface area contributed by atoms with Gasteiger partial charge in [-0.1, -0.05) is 0 Å². The maximum atomic E-state index is 4.57. The average Bonchev–Trinajstić information content (AvgIpc) is 3.35. The van der Waals surface area contributed by atoms with E-state index in [1.165, 1.54) is 12.8 Å². The molecule has 5 heterocycles. The van der Waals surface area contributed by atoms with Crippen LogP contribution in [0, 0.1) is 5.92 Å². The molecule has 4 aromatic rings. The van der Waals surface area contributed by atoms with Gasteiger partial charge < -0.3 is 5.32 Å². The van der Waals surface area contributed by atoms with E-state index in [0.717, 1.165) is 53.1 Å². The summed E-state index contributed by atoms with van der Waals surface area (Å²) in [6, 6.07) is 6.00. The van der Waals surface area contributed by atoms with Crippen LogP contribution in [-0.4, -0.2) is 43.0 Å². The Morgan fingerprint density at radius 3 is 2.89 bits per heavy atom. The second kappa shape index (κ2) is 6.92. The number of piperidine rings is 1. The fraction of sp³-hybridized carbons (Fsp3) is 0.300. The van der Waals surface area contributed by atoms with E-state index in [1.54, 1.807) is 6.20 Å². The van der Waals surface area contributed by atoms with Crippen molar-refractivity contribution in [1.82, 2.24) is 35.3 Å². The summed E-state index contributed by atoms with van der Waals surface area (Å²) in [5.74, 6) is 0.691. The summed E-state index contributed by atoms with van der Waals surface area (Å²) in [7, 11) is 0. The highest BCUT2D eigenvalue weighted by Crippen LogP contribution is 2.29. The smallest absolute Gasteiger partial charge is 0.103 e. The molecule has 0 unspecified atom stereocenters. The van der Waals surface area contributed by atoms with Gasteiger partial charge in [0.15, 0.2) is 0 Å². The van der Waals surface area contributed by atoms with Gasteiger partial charge in [-0.15, -0.1) is 0 Å². The number of aromatic amines is 1. The molecule has 1 fully saturated rings. The van der Waals surface area contributed by atoms with E-state index in [2.05, 4.69) is 47.5 Å². The Morgan fingerprint density at radius 2 is 2.04 bits per heavy atom. The lowest BCUT2D eigenvalue weighted by atomic mass is 9.98. The molecule has 0 aliphatic carbocycles. The first-order chi connectivity index (χ1) is 13.4. The normalized spacial score (nSPS) is 15.4. The largest absolute Gasteiger partial charge is 0.317 e. The third-order valence-electron chi connectivity index (χ3n) is 5.22. The molecule has 27 heavy (non-hydrogen) atoms. The quantitative estimate of drug-likeness (QED) is 0.585. The van der Waals surface area contributed by atoms with Crippen LogP contribution in [0.2, 0.25) is 0 Å². The molecule has 0 aromatic carbocycles. The molecule has 0 saturated carbocycles. The first kappa shape index (κ1) is 16.1. The molecule has 5 rings (SSSR count). The van der Waals surface area contributed by atoms with Crippen molar-refractivity contribution >= 4 is 10.9 Å². The standard InChI is InChI=1S/C20H21N7/c1-2-15(9-22-5-1)18-8-17-19(11-23-18)25-26-20(17)16-10-24-27(13-16)12-14-3-6-21-7-4-14/h1-2,5,8-11,13-14,21H,3-4,6-7,12H2,(H,25,26). The van der Waals surface area contributed by atoms with E-state index in [9.17, 15) is 0 Å². The average molecular weight is 359 g/mol. The highest BCUT2D eigenvalue weighted by molar-refractivity contribution is 5.94. The van der Waals surface area contributed by atoms with Crippen molar-refractivity contribution in [2.24, 2.45) is 5.92 Å². The van der Waals surface area contributed by atoms with Gasteiger partial charge in [0.2, 0.25) is 0 Å². The van der Waals surface area contributed by atoms with Crippen molar-refractivity contribution in [3.8, 4) is 22.5 Å². The Hall–Kier alpha value is -3.06. The highest BCUT2D eigenvalue weighted by atomic mass is 15.3. The lowest BCUT2D eigenvalue weighted by Crippen LogP contribution is -2.29. The number of hydrogen-bond acceptors (Lipinski definition) is 5. The van der Waals surface area contributed by atoms with Gasteiger partial charge in [0, 0.05) is 41.6 Å². The molecule has 0 atom stereocenters.